The molecule has 5 fully saturated rings. The molecular formula is C36H36F2N6O2. The molecule has 0 spiro atoms. The number of phenolic OH excluding ortho intramolecular Hbond substituents is 1. The van der Waals surface area contributed by atoms with Gasteiger partial charge in [-0.15, -0.1) is 6.42 Å². The summed E-state index contributed by atoms with van der Waals surface area (Å²) < 4.78 is 38.2. The average Bonchev–Trinajstić information content (AvgIpc) is 3.81. The van der Waals surface area contributed by atoms with E-state index in [1.807, 2.05) is 0 Å². The van der Waals surface area contributed by atoms with E-state index in [2.05, 4.69) is 26.0 Å². The minimum Gasteiger partial charge on any atom is -0.508 e. The molecule has 2 aromatic heterocycles. The molecule has 0 amide bonds. The molecule has 9 rings (SSSR count). The zero-order valence-corrected chi connectivity index (χ0v) is 25.6. The number of pyridine rings is 1. The molecule has 0 radical (unpaired) electrons. The Morgan fingerprint density at radius 1 is 1.09 bits per heavy atom. The highest BCUT2D eigenvalue weighted by Gasteiger charge is 2.55. The zero-order valence-electron chi connectivity index (χ0n) is 25.6. The van der Waals surface area contributed by atoms with Crippen molar-refractivity contribution in [2.75, 3.05) is 31.1 Å². The molecule has 2 bridgehead atoms. The highest BCUT2D eigenvalue weighted by Crippen LogP contribution is 2.51. The van der Waals surface area contributed by atoms with Gasteiger partial charge in [-0.3, -0.25) is 9.88 Å². The Morgan fingerprint density at radius 3 is 2.76 bits per heavy atom. The maximum atomic E-state index is 16.9. The SMILES string of the molecule is C#Cc1c(F)ccc2cc(O)cc(-c3ncc4c(N5CC6CCC(C5)N6)nc(OC[C@@]56CCCN5[C@H]5CCC[C@H]5C6)nc4c3F)c12. The van der Waals surface area contributed by atoms with Gasteiger partial charge in [-0.05, 0) is 81.0 Å². The monoisotopic (exact) mass is 622 g/mol. The van der Waals surface area contributed by atoms with Gasteiger partial charge in [0.25, 0.3) is 0 Å². The standard InChI is InChI=1S/C36H36F2N6O2/c1-2-25-28(37)10-7-20-13-24(45)14-26(30(20)25)32-31(38)33-27(16-39-32)34(43-17-22-8-9-23(18-43)40-22)42-35(41-33)46-19-36-11-4-12-44(36)29-6-3-5-21(29)15-36/h1,7,10,13-14,16,21-23,29,40,45H,3-6,8-9,11-12,15,17-19H2/t21-,22?,23?,29-,36-/m0/s1. The first-order valence-electron chi connectivity index (χ1n) is 16.6. The molecule has 8 nitrogen and oxygen atoms in total. The van der Waals surface area contributed by atoms with Crippen LogP contribution < -0.4 is 15.0 Å². The van der Waals surface area contributed by atoms with E-state index < -0.39 is 11.6 Å². The Hall–Kier alpha value is -4.07. The first-order valence-corrected chi connectivity index (χ1v) is 16.6. The minimum absolute atomic E-state index is 0.0146. The largest absolute Gasteiger partial charge is 0.508 e. The third-order valence-corrected chi connectivity index (χ3v) is 11.4. The highest BCUT2D eigenvalue weighted by molar-refractivity contribution is 6.03. The molecule has 2 N–H and O–H groups in total. The van der Waals surface area contributed by atoms with E-state index in [0.29, 0.717) is 52.6 Å². The van der Waals surface area contributed by atoms with E-state index >= 15 is 4.39 Å². The van der Waals surface area contributed by atoms with Crippen LogP contribution >= 0.6 is 0 Å². The van der Waals surface area contributed by atoms with Crippen LogP contribution in [0, 0.1) is 29.9 Å². The Bertz CT molecular complexity index is 1930. The highest BCUT2D eigenvalue weighted by atomic mass is 19.1. The van der Waals surface area contributed by atoms with Crippen LogP contribution in [0.15, 0.2) is 30.5 Å². The number of nitrogens with zero attached hydrogens (tertiary/aromatic N) is 5. The zero-order chi connectivity index (χ0) is 31.2. The molecule has 236 valence electrons. The predicted octanol–water partition coefficient (Wildman–Crippen LogP) is 5.54. The summed E-state index contributed by atoms with van der Waals surface area (Å²) in [5.41, 5.74) is 0.160. The second-order valence-electron chi connectivity index (χ2n) is 14.0. The molecule has 5 atom stereocenters. The van der Waals surface area contributed by atoms with Gasteiger partial charge < -0.3 is 20.1 Å². The number of rotatable bonds is 5. The van der Waals surface area contributed by atoms with Gasteiger partial charge in [-0.25, -0.2) is 8.78 Å². The van der Waals surface area contributed by atoms with Crippen molar-refractivity contribution in [1.29, 1.82) is 0 Å². The fraction of sp³-hybridized carbons (Fsp3) is 0.472. The molecule has 4 aliphatic heterocycles. The summed E-state index contributed by atoms with van der Waals surface area (Å²) in [6.07, 6.45) is 16.7. The summed E-state index contributed by atoms with van der Waals surface area (Å²) in [5.74, 6) is 2.32. The summed E-state index contributed by atoms with van der Waals surface area (Å²) in [6, 6.07) is 7.08. The lowest BCUT2D eigenvalue weighted by Gasteiger charge is -2.35. The number of hydrogen-bond donors (Lipinski definition) is 2. The van der Waals surface area contributed by atoms with Crippen LogP contribution in [0.3, 0.4) is 0 Å². The minimum atomic E-state index is -0.695. The predicted molar refractivity (Wildman–Crippen MR) is 172 cm³/mol. The van der Waals surface area contributed by atoms with Gasteiger partial charge in [-0.1, -0.05) is 18.4 Å². The van der Waals surface area contributed by atoms with Gasteiger partial charge >= 0.3 is 6.01 Å². The van der Waals surface area contributed by atoms with Crippen LogP contribution in [-0.4, -0.2) is 74.9 Å². The molecule has 4 saturated heterocycles. The fourth-order valence-corrected chi connectivity index (χ4v) is 9.50. The third kappa shape index (κ3) is 4.28. The molecule has 46 heavy (non-hydrogen) atoms. The van der Waals surface area contributed by atoms with Crippen LogP contribution in [0.4, 0.5) is 14.6 Å². The molecule has 4 aromatic rings. The fourth-order valence-electron chi connectivity index (χ4n) is 9.50. The lowest BCUT2D eigenvalue weighted by molar-refractivity contribution is 0.0832. The number of anilines is 1. The quantitative estimate of drug-likeness (QED) is 0.281. The summed E-state index contributed by atoms with van der Waals surface area (Å²) in [6.45, 7) is 3.06. The number of hydrogen-bond acceptors (Lipinski definition) is 8. The number of phenols is 1. The summed E-state index contributed by atoms with van der Waals surface area (Å²) in [7, 11) is 0. The Morgan fingerprint density at radius 2 is 1.93 bits per heavy atom. The van der Waals surface area contributed by atoms with Crippen LogP contribution in [0.1, 0.15) is 56.9 Å². The van der Waals surface area contributed by atoms with Gasteiger partial charge in [0.2, 0.25) is 0 Å². The van der Waals surface area contributed by atoms with Crippen molar-refractivity contribution < 1.29 is 18.6 Å². The van der Waals surface area contributed by atoms with Crippen molar-refractivity contribution in [1.82, 2.24) is 25.2 Å². The third-order valence-electron chi connectivity index (χ3n) is 11.4. The van der Waals surface area contributed by atoms with E-state index in [-0.39, 0.29) is 39.6 Å². The topological polar surface area (TPSA) is 86.6 Å². The van der Waals surface area contributed by atoms with Crippen LogP contribution in [0.2, 0.25) is 0 Å². The molecule has 2 aromatic carbocycles. The number of nitrogens with one attached hydrogen (secondary N) is 1. The Labute approximate surface area is 266 Å². The second kappa shape index (κ2) is 10.5. The summed E-state index contributed by atoms with van der Waals surface area (Å²) in [4.78, 5) is 19.1. The van der Waals surface area contributed by atoms with Crippen molar-refractivity contribution in [2.45, 2.75) is 75.0 Å². The normalized spacial score (nSPS) is 28.6. The van der Waals surface area contributed by atoms with Crippen molar-refractivity contribution >= 4 is 27.5 Å². The number of benzene rings is 2. The van der Waals surface area contributed by atoms with Crippen LogP contribution in [-0.2, 0) is 0 Å². The van der Waals surface area contributed by atoms with Gasteiger partial charge in [-0.2, -0.15) is 9.97 Å². The van der Waals surface area contributed by atoms with Gasteiger partial charge in [0.15, 0.2) is 5.82 Å². The van der Waals surface area contributed by atoms with Crippen molar-refractivity contribution in [3.8, 4) is 35.4 Å². The Balaban J connectivity index is 1.17. The summed E-state index contributed by atoms with van der Waals surface area (Å²) in [5, 5.41) is 15.5. The second-order valence-corrected chi connectivity index (χ2v) is 14.0. The summed E-state index contributed by atoms with van der Waals surface area (Å²) >= 11 is 0. The molecule has 1 aliphatic carbocycles. The van der Waals surface area contributed by atoms with E-state index in [0.717, 1.165) is 51.7 Å². The number of piperazine rings is 1. The van der Waals surface area contributed by atoms with Crippen molar-refractivity contribution in [3.63, 3.8) is 0 Å². The van der Waals surface area contributed by atoms with Gasteiger partial charge in [0, 0.05) is 48.4 Å². The maximum absolute atomic E-state index is 16.9. The molecule has 5 aliphatic rings. The number of terminal acetylenes is 1. The number of aromatic hydroxyl groups is 1. The smallest absolute Gasteiger partial charge is 0.319 e. The first-order chi connectivity index (χ1) is 22.4. The van der Waals surface area contributed by atoms with Gasteiger partial charge in [0.1, 0.15) is 35.2 Å². The Kier molecular flexibility index (Phi) is 6.42. The molecular weight excluding hydrogens is 586 g/mol. The van der Waals surface area contributed by atoms with E-state index in [1.165, 1.54) is 43.5 Å². The maximum Gasteiger partial charge on any atom is 0.319 e. The number of aromatic nitrogens is 3. The molecule has 6 heterocycles. The lowest BCUT2D eigenvalue weighted by Crippen LogP contribution is -2.51. The lowest BCUT2D eigenvalue weighted by atomic mass is 9.90. The average molecular weight is 623 g/mol. The van der Waals surface area contributed by atoms with E-state index in [4.69, 9.17) is 21.1 Å². The van der Waals surface area contributed by atoms with Gasteiger partial charge in [0.05, 0.1) is 16.5 Å². The van der Waals surface area contributed by atoms with E-state index in [9.17, 15) is 9.50 Å². The van der Waals surface area contributed by atoms with E-state index in [1.54, 1.807) is 6.20 Å². The van der Waals surface area contributed by atoms with Crippen molar-refractivity contribution in [3.05, 3.63) is 47.7 Å². The van der Waals surface area contributed by atoms with Crippen molar-refractivity contribution in [2.24, 2.45) is 5.92 Å². The first kappa shape index (κ1) is 28.2. The number of halogens is 2. The van der Waals surface area contributed by atoms with Crippen LogP contribution in [0.5, 0.6) is 11.8 Å². The molecule has 1 saturated carbocycles. The number of fused-ring (bicyclic) bond motifs is 7. The van der Waals surface area contributed by atoms with Crippen LogP contribution in [0.25, 0.3) is 32.9 Å². The molecule has 2 unspecified atom stereocenters. The molecule has 10 heteroatoms. The number of ether oxygens (including phenoxy) is 1.